The fourth-order valence-electron chi connectivity index (χ4n) is 2.27. The van der Waals surface area contributed by atoms with Gasteiger partial charge in [0.2, 0.25) is 0 Å². The molecule has 4 N–H and O–H groups in total. The fourth-order valence-corrected chi connectivity index (χ4v) is 2.27. The van der Waals surface area contributed by atoms with Crippen LogP contribution in [0.4, 0.5) is 0 Å². The standard InChI is InChI=1S/C14H21N5O2/c1-3-19(21,6-4-5-10(2)15)14(20)12-7-11-9-17-18-13(11)16-8-12/h7-10,21H,3-6,15H2,1-2H3/p+1. The molecule has 2 atom stereocenters. The van der Waals surface area contributed by atoms with Crippen LogP contribution in [0, 0.1) is 0 Å². The van der Waals surface area contributed by atoms with Crippen molar-refractivity contribution >= 4 is 16.9 Å². The molecule has 1 amide bonds. The number of fused-ring (bicyclic) bond motifs is 1. The van der Waals surface area contributed by atoms with Crippen molar-refractivity contribution in [1.82, 2.24) is 15.2 Å². The summed E-state index contributed by atoms with van der Waals surface area (Å²) in [5, 5.41) is 17.9. The average Bonchev–Trinajstić information content (AvgIpc) is 2.93. The summed E-state index contributed by atoms with van der Waals surface area (Å²) in [4.78, 5) is 16.7. The number of H-pyrrole nitrogens is 1. The fraction of sp³-hybridized carbons (Fsp3) is 0.500. The van der Waals surface area contributed by atoms with E-state index in [0.717, 1.165) is 11.8 Å². The summed E-state index contributed by atoms with van der Waals surface area (Å²) < 4.78 is -0.627. The lowest BCUT2D eigenvalue weighted by atomic mass is 10.1. The van der Waals surface area contributed by atoms with Crippen LogP contribution >= 0.6 is 0 Å². The number of hydrogen-bond donors (Lipinski definition) is 3. The van der Waals surface area contributed by atoms with E-state index in [4.69, 9.17) is 5.73 Å². The van der Waals surface area contributed by atoms with Crippen LogP contribution in [0.5, 0.6) is 0 Å². The van der Waals surface area contributed by atoms with Gasteiger partial charge >= 0.3 is 5.91 Å². The molecule has 0 aliphatic carbocycles. The lowest BCUT2D eigenvalue weighted by molar-refractivity contribution is -1.03. The van der Waals surface area contributed by atoms with Gasteiger partial charge in [-0.05, 0) is 26.3 Å². The first-order chi connectivity index (χ1) is 9.96. The average molecular weight is 292 g/mol. The Kier molecular flexibility index (Phi) is 4.66. The zero-order valence-corrected chi connectivity index (χ0v) is 12.4. The summed E-state index contributed by atoms with van der Waals surface area (Å²) in [5.41, 5.74) is 6.71. The predicted octanol–water partition coefficient (Wildman–Crippen LogP) is 1.45. The summed E-state index contributed by atoms with van der Waals surface area (Å²) in [6.07, 6.45) is 4.53. The van der Waals surface area contributed by atoms with Gasteiger partial charge < -0.3 is 5.73 Å². The molecule has 2 aromatic heterocycles. The Balaban J connectivity index is 2.17. The molecule has 0 bridgehead atoms. The second-order valence-electron chi connectivity index (χ2n) is 5.42. The Labute approximate surface area is 123 Å². The zero-order chi connectivity index (χ0) is 15.5. The third-order valence-corrected chi connectivity index (χ3v) is 3.63. The number of pyridine rings is 1. The predicted molar refractivity (Wildman–Crippen MR) is 78.6 cm³/mol. The summed E-state index contributed by atoms with van der Waals surface area (Å²) in [6.45, 7) is 4.35. The van der Waals surface area contributed by atoms with Gasteiger partial charge in [0, 0.05) is 24.0 Å². The van der Waals surface area contributed by atoms with Gasteiger partial charge in [0.1, 0.15) is 18.7 Å². The number of amides is 1. The van der Waals surface area contributed by atoms with E-state index in [2.05, 4.69) is 15.2 Å². The topological polar surface area (TPSA) is 105 Å². The molecular formula is C14H22N5O2+. The molecule has 0 aliphatic rings. The summed E-state index contributed by atoms with van der Waals surface area (Å²) in [7, 11) is 0. The number of nitrogens with one attached hydrogen (secondary N) is 1. The SMILES string of the molecule is CC[N+](O)(CCCC(C)N)C(=O)c1cnc2[nH]ncc2c1. The third-order valence-electron chi connectivity index (χ3n) is 3.63. The van der Waals surface area contributed by atoms with Crippen molar-refractivity contribution in [3.63, 3.8) is 0 Å². The Morgan fingerprint density at radius 3 is 2.95 bits per heavy atom. The van der Waals surface area contributed by atoms with Crippen molar-refractivity contribution in [2.75, 3.05) is 13.1 Å². The first-order valence-corrected chi connectivity index (χ1v) is 7.15. The van der Waals surface area contributed by atoms with E-state index in [9.17, 15) is 10.0 Å². The highest BCUT2D eigenvalue weighted by Gasteiger charge is 2.35. The van der Waals surface area contributed by atoms with E-state index in [1.54, 1.807) is 19.2 Å². The van der Waals surface area contributed by atoms with Crippen LogP contribution in [-0.2, 0) is 0 Å². The molecule has 0 aromatic carbocycles. The summed E-state index contributed by atoms with van der Waals surface area (Å²) in [5.74, 6) is -0.349. The third kappa shape index (κ3) is 3.44. The van der Waals surface area contributed by atoms with E-state index in [1.807, 2.05) is 6.92 Å². The second-order valence-corrected chi connectivity index (χ2v) is 5.42. The molecule has 2 aromatic rings. The Hall–Kier alpha value is -1.83. The minimum atomic E-state index is -0.627. The number of nitrogens with two attached hydrogens (primary N) is 1. The van der Waals surface area contributed by atoms with E-state index in [-0.39, 0.29) is 11.9 Å². The molecule has 21 heavy (non-hydrogen) atoms. The maximum atomic E-state index is 12.6. The number of carbonyl (C=O) groups excluding carboxylic acids is 1. The quantitative estimate of drug-likeness (QED) is 0.424. The maximum Gasteiger partial charge on any atom is 0.379 e. The van der Waals surface area contributed by atoms with Gasteiger partial charge in [-0.1, -0.05) is 0 Å². The molecular weight excluding hydrogens is 270 g/mol. The number of hydrogen-bond acceptors (Lipinski definition) is 5. The number of rotatable bonds is 6. The normalized spacial score (nSPS) is 15.8. The minimum absolute atomic E-state index is 0.0642. The van der Waals surface area contributed by atoms with Crippen LogP contribution in [0.2, 0.25) is 0 Å². The van der Waals surface area contributed by atoms with Gasteiger partial charge in [-0.2, -0.15) is 5.10 Å². The van der Waals surface area contributed by atoms with E-state index in [1.165, 1.54) is 6.20 Å². The Bertz CT molecular complexity index is 625. The van der Waals surface area contributed by atoms with Gasteiger partial charge in [0.25, 0.3) is 0 Å². The largest absolute Gasteiger partial charge is 0.379 e. The van der Waals surface area contributed by atoms with Gasteiger partial charge in [-0.25, -0.2) is 15.0 Å². The molecule has 0 radical (unpaired) electrons. The van der Waals surface area contributed by atoms with E-state index < -0.39 is 4.65 Å². The van der Waals surface area contributed by atoms with Gasteiger partial charge in [0.15, 0.2) is 5.65 Å². The first kappa shape index (κ1) is 15.6. The molecule has 2 unspecified atom stereocenters. The molecule has 0 spiro atoms. The highest BCUT2D eigenvalue weighted by atomic mass is 16.6. The minimum Gasteiger partial charge on any atom is -0.328 e. The van der Waals surface area contributed by atoms with Gasteiger partial charge in [-0.15, -0.1) is 4.65 Å². The van der Waals surface area contributed by atoms with Crippen LogP contribution in [0.25, 0.3) is 11.0 Å². The van der Waals surface area contributed by atoms with Crippen LogP contribution in [0.1, 0.15) is 37.0 Å². The number of hydroxylamine groups is 3. The molecule has 7 heteroatoms. The first-order valence-electron chi connectivity index (χ1n) is 7.15. The molecule has 2 heterocycles. The molecule has 0 saturated heterocycles. The van der Waals surface area contributed by atoms with Crippen molar-refractivity contribution in [2.45, 2.75) is 32.7 Å². The highest BCUT2D eigenvalue weighted by Crippen LogP contribution is 2.16. The number of aromatic amines is 1. The van der Waals surface area contributed by atoms with Crippen molar-refractivity contribution in [2.24, 2.45) is 5.73 Å². The number of nitrogens with zero attached hydrogens (tertiary/aromatic N) is 3. The van der Waals surface area contributed by atoms with Crippen molar-refractivity contribution in [3.05, 3.63) is 24.0 Å². The molecule has 0 aliphatic heterocycles. The number of carbonyl (C=O) groups is 1. The lowest BCUT2D eigenvalue weighted by Gasteiger charge is -2.26. The van der Waals surface area contributed by atoms with Gasteiger partial charge in [0.05, 0.1) is 6.20 Å². The lowest BCUT2D eigenvalue weighted by Crippen LogP contribution is -2.50. The van der Waals surface area contributed by atoms with E-state index >= 15 is 0 Å². The summed E-state index contributed by atoms with van der Waals surface area (Å²) >= 11 is 0. The second kappa shape index (κ2) is 6.30. The van der Waals surface area contributed by atoms with Crippen LogP contribution in [-0.4, -0.2) is 50.1 Å². The molecule has 2 rings (SSSR count). The molecule has 7 nitrogen and oxygen atoms in total. The van der Waals surface area contributed by atoms with Gasteiger partial charge in [-0.3, -0.25) is 5.10 Å². The molecule has 0 fully saturated rings. The number of aromatic nitrogens is 3. The van der Waals surface area contributed by atoms with Crippen LogP contribution < -0.4 is 5.73 Å². The molecule has 0 saturated carbocycles. The Morgan fingerprint density at radius 1 is 1.52 bits per heavy atom. The monoisotopic (exact) mass is 292 g/mol. The van der Waals surface area contributed by atoms with Crippen LogP contribution in [0.15, 0.2) is 18.5 Å². The smallest absolute Gasteiger partial charge is 0.328 e. The van der Waals surface area contributed by atoms with Crippen molar-refractivity contribution < 1.29 is 14.6 Å². The zero-order valence-electron chi connectivity index (χ0n) is 12.4. The maximum absolute atomic E-state index is 12.6. The Morgan fingerprint density at radius 2 is 2.29 bits per heavy atom. The van der Waals surface area contributed by atoms with Crippen LogP contribution in [0.3, 0.4) is 0 Å². The molecule has 114 valence electrons. The summed E-state index contributed by atoms with van der Waals surface area (Å²) in [6, 6.07) is 1.76. The van der Waals surface area contributed by atoms with Crippen molar-refractivity contribution in [3.8, 4) is 0 Å². The van der Waals surface area contributed by atoms with Crippen molar-refractivity contribution in [1.29, 1.82) is 0 Å². The highest BCUT2D eigenvalue weighted by molar-refractivity contribution is 5.92. The van der Waals surface area contributed by atoms with E-state index in [0.29, 0.717) is 30.7 Å². The number of quaternary nitrogens is 1.